The molecule has 0 bridgehead atoms. The van der Waals surface area contributed by atoms with Crippen LogP contribution < -0.4 is 0 Å². The molecule has 1 aliphatic heterocycles. The Kier molecular flexibility index (Phi) is 2.84. The Morgan fingerprint density at radius 1 is 1.46 bits per heavy atom. The third kappa shape index (κ3) is 2.47. The molecule has 1 radical (unpaired) electrons. The Labute approximate surface area is 77.6 Å². The van der Waals surface area contributed by atoms with Crippen LogP contribution in [0, 0.1) is 6.20 Å². The maximum Gasteiger partial charge on any atom is 0.108 e. The minimum Gasteiger partial charge on any atom is -0.379 e. The van der Waals surface area contributed by atoms with Gasteiger partial charge in [0.1, 0.15) is 6.20 Å². The topological polar surface area (TPSA) is 38.2 Å². The van der Waals surface area contributed by atoms with Crippen molar-refractivity contribution in [2.24, 2.45) is 0 Å². The SMILES string of the molecule is [c]1cnc(CN2CCOCC2)cn1. The molecule has 0 amide bonds. The Morgan fingerprint density at radius 3 is 3.00 bits per heavy atom. The van der Waals surface area contributed by atoms with Crippen molar-refractivity contribution < 1.29 is 4.74 Å². The van der Waals surface area contributed by atoms with Gasteiger partial charge >= 0.3 is 0 Å². The fourth-order valence-corrected chi connectivity index (χ4v) is 1.36. The van der Waals surface area contributed by atoms with Gasteiger partial charge in [-0.2, -0.15) is 0 Å². The zero-order chi connectivity index (χ0) is 8.93. The van der Waals surface area contributed by atoms with Gasteiger partial charge in [-0.15, -0.1) is 0 Å². The summed E-state index contributed by atoms with van der Waals surface area (Å²) in [5.74, 6) is 0. The fourth-order valence-electron chi connectivity index (χ4n) is 1.36. The van der Waals surface area contributed by atoms with E-state index in [9.17, 15) is 0 Å². The molecule has 0 aromatic carbocycles. The van der Waals surface area contributed by atoms with Gasteiger partial charge < -0.3 is 4.74 Å². The van der Waals surface area contributed by atoms with Crippen LogP contribution in [-0.4, -0.2) is 41.2 Å². The minimum absolute atomic E-state index is 0.826. The van der Waals surface area contributed by atoms with Crippen LogP contribution >= 0.6 is 0 Å². The number of morpholine rings is 1. The van der Waals surface area contributed by atoms with Crippen molar-refractivity contribution in [3.05, 3.63) is 24.3 Å². The largest absolute Gasteiger partial charge is 0.379 e. The van der Waals surface area contributed by atoms with Crippen LogP contribution in [0.1, 0.15) is 5.69 Å². The lowest BCUT2D eigenvalue weighted by Gasteiger charge is -2.25. The van der Waals surface area contributed by atoms with E-state index in [0.717, 1.165) is 38.5 Å². The van der Waals surface area contributed by atoms with Gasteiger partial charge in [-0.3, -0.25) is 14.9 Å². The molecule has 1 fully saturated rings. The highest BCUT2D eigenvalue weighted by atomic mass is 16.5. The van der Waals surface area contributed by atoms with Gasteiger partial charge in [0.2, 0.25) is 0 Å². The van der Waals surface area contributed by atoms with E-state index in [1.165, 1.54) is 0 Å². The van der Waals surface area contributed by atoms with Gasteiger partial charge in [-0.25, -0.2) is 0 Å². The second-order valence-corrected chi connectivity index (χ2v) is 3.03. The van der Waals surface area contributed by atoms with Crippen LogP contribution in [0.25, 0.3) is 0 Å². The molecule has 0 N–H and O–H groups in total. The Bertz CT molecular complexity index is 246. The van der Waals surface area contributed by atoms with Gasteiger partial charge in [-0.05, 0) is 0 Å². The van der Waals surface area contributed by atoms with Crippen molar-refractivity contribution in [3.63, 3.8) is 0 Å². The molecular weight excluding hydrogens is 166 g/mol. The van der Waals surface area contributed by atoms with Crippen molar-refractivity contribution in [3.8, 4) is 0 Å². The first kappa shape index (κ1) is 8.59. The van der Waals surface area contributed by atoms with E-state index in [4.69, 9.17) is 4.74 Å². The van der Waals surface area contributed by atoms with Crippen LogP contribution in [-0.2, 0) is 11.3 Å². The standard InChI is InChI=1S/C9H12N3O/c1-2-11-9(7-10-1)8-12-3-5-13-6-4-12/h2,7H,3-6,8H2. The molecule has 2 heterocycles. The van der Waals surface area contributed by atoms with Crippen LogP contribution in [0.2, 0.25) is 0 Å². The molecule has 0 unspecified atom stereocenters. The van der Waals surface area contributed by atoms with E-state index < -0.39 is 0 Å². The summed E-state index contributed by atoms with van der Waals surface area (Å²) in [6.07, 6.45) is 6.03. The molecule has 69 valence electrons. The lowest BCUT2D eigenvalue weighted by Crippen LogP contribution is -2.35. The number of hydrogen-bond donors (Lipinski definition) is 0. The van der Waals surface area contributed by atoms with Gasteiger partial charge in [-0.1, -0.05) is 0 Å². The van der Waals surface area contributed by atoms with E-state index in [0.29, 0.717) is 0 Å². The highest BCUT2D eigenvalue weighted by molar-refractivity contribution is 4.93. The second kappa shape index (κ2) is 4.30. The normalized spacial score (nSPS) is 18.8. The Hall–Kier alpha value is -1.00. The maximum atomic E-state index is 5.25. The summed E-state index contributed by atoms with van der Waals surface area (Å²) in [5.41, 5.74) is 1.00. The number of nitrogens with zero attached hydrogens (tertiary/aromatic N) is 3. The maximum absolute atomic E-state index is 5.25. The number of rotatable bonds is 2. The summed E-state index contributed by atoms with van der Waals surface area (Å²) in [5, 5.41) is 0. The molecular formula is C9H12N3O. The second-order valence-electron chi connectivity index (χ2n) is 3.03. The molecule has 13 heavy (non-hydrogen) atoms. The molecule has 4 nitrogen and oxygen atoms in total. The van der Waals surface area contributed by atoms with Gasteiger partial charge in [0.25, 0.3) is 0 Å². The first-order chi connectivity index (χ1) is 6.45. The molecule has 4 heteroatoms. The summed E-state index contributed by atoms with van der Waals surface area (Å²) in [6.45, 7) is 4.49. The lowest BCUT2D eigenvalue weighted by molar-refractivity contribution is 0.0336. The van der Waals surface area contributed by atoms with Crippen molar-refractivity contribution in [1.82, 2.24) is 14.9 Å². The highest BCUT2D eigenvalue weighted by Crippen LogP contribution is 2.02. The third-order valence-electron chi connectivity index (χ3n) is 2.07. The molecule has 1 aromatic heterocycles. The molecule has 1 saturated heterocycles. The predicted molar refractivity (Wildman–Crippen MR) is 47.0 cm³/mol. The van der Waals surface area contributed by atoms with E-state index in [1.807, 2.05) is 0 Å². The number of aromatic nitrogens is 2. The average molecular weight is 178 g/mol. The van der Waals surface area contributed by atoms with Gasteiger partial charge in [0.05, 0.1) is 31.3 Å². The lowest BCUT2D eigenvalue weighted by atomic mass is 10.3. The highest BCUT2D eigenvalue weighted by Gasteiger charge is 2.10. The van der Waals surface area contributed by atoms with E-state index >= 15 is 0 Å². The van der Waals surface area contributed by atoms with Crippen LogP contribution in [0.15, 0.2) is 12.4 Å². The number of hydrogen-bond acceptors (Lipinski definition) is 4. The molecule has 1 aromatic rings. The average Bonchev–Trinajstić information content (AvgIpc) is 2.21. The summed E-state index contributed by atoms with van der Waals surface area (Å²) in [6, 6.07) is 0. The Balaban J connectivity index is 1.90. The third-order valence-corrected chi connectivity index (χ3v) is 2.07. The van der Waals surface area contributed by atoms with E-state index in [-0.39, 0.29) is 0 Å². The zero-order valence-corrected chi connectivity index (χ0v) is 7.44. The Morgan fingerprint density at radius 2 is 2.31 bits per heavy atom. The molecule has 0 aliphatic carbocycles. The van der Waals surface area contributed by atoms with Crippen molar-refractivity contribution >= 4 is 0 Å². The summed E-state index contributed by atoms with van der Waals surface area (Å²) in [7, 11) is 0. The zero-order valence-electron chi connectivity index (χ0n) is 7.44. The monoisotopic (exact) mass is 178 g/mol. The van der Waals surface area contributed by atoms with E-state index in [2.05, 4.69) is 21.1 Å². The molecule has 1 aliphatic rings. The van der Waals surface area contributed by atoms with Gasteiger partial charge in [0.15, 0.2) is 0 Å². The molecule has 2 rings (SSSR count). The molecule has 0 atom stereocenters. The molecule has 0 saturated carbocycles. The number of ether oxygens (including phenoxy) is 1. The van der Waals surface area contributed by atoms with Gasteiger partial charge in [0, 0.05) is 19.6 Å². The summed E-state index contributed by atoms with van der Waals surface area (Å²) < 4.78 is 5.25. The molecule has 0 spiro atoms. The predicted octanol–water partition coefficient (Wildman–Crippen LogP) is 0.109. The fraction of sp³-hybridized carbons (Fsp3) is 0.556. The van der Waals surface area contributed by atoms with Crippen molar-refractivity contribution in [2.45, 2.75) is 6.54 Å². The van der Waals surface area contributed by atoms with Crippen molar-refractivity contribution in [1.29, 1.82) is 0 Å². The van der Waals surface area contributed by atoms with Crippen molar-refractivity contribution in [2.75, 3.05) is 26.3 Å². The minimum atomic E-state index is 0.826. The first-order valence-electron chi connectivity index (χ1n) is 4.42. The summed E-state index contributed by atoms with van der Waals surface area (Å²) >= 11 is 0. The van der Waals surface area contributed by atoms with Crippen LogP contribution in [0.5, 0.6) is 0 Å². The smallest absolute Gasteiger partial charge is 0.108 e. The van der Waals surface area contributed by atoms with E-state index in [1.54, 1.807) is 12.4 Å². The summed E-state index contributed by atoms with van der Waals surface area (Å²) in [4.78, 5) is 10.4. The van der Waals surface area contributed by atoms with Crippen LogP contribution in [0.3, 0.4) is 0 Å². The quantitative estimate of drug-likeness (QED) is 0.644. The van der Waals surface area contributed by atoms with Crippen LogP contribution in [0.4, 0.5) is 0 Å². The first-order valence-corrected chi connectivity index (χ1v) is 4.42.